The van der Waals surface area contributed by atoms with Gasteiger partial charge in [0.25, 0.3) is 0 Å². The van der Waals surface area contributed by atoms with E-state index in [1.54, 1.807) is 0 Å². The number of nitrogens with zero attached hydrogens (tertiary/aromatic N) is 4. The summed E-state index contributed by atoms with van der Waals surface area (Å²) in [6, 6.07) is 0.623. The molecule has 1 aromatic rings. The number of hydrogen-bond donors (Lipinski definition) is 1. The van der Waals surface area contributed by atoms with Crippen molar-refractivity contribution in [2.45, 2.75) is 26.4 Å². The topological polar surface area (TPSA) is 44.3 Å². The van der Waals surface area contributed by atoms with Gasteiger partial charge in [-0.25, -0.2) is 0 Å². The van der Waals surface area contributed by atoms with Crippen molar-refractivity contribution in [2.24, 2.45) is 0 Å². The number of rotatable bonds is 4. The predicted molar refractivity (Wildman–Crippen MR) is 71.4 cm³/mol. The molecule has 0 amide bonds. The molecule has 1 aromatic heterocycles. The number of nitrogens with one attached hydrogen (secondary N) is 1. The maximum absolute atomic E-state index is 4.22. The molecule has 2 rings (SSSR count). The van der Waals surface area contributed by atoms with Gasteiger partial charge in [0.15, 0.2) is 0 Å². The molecule has 0 saturated carbocycles. The maximum atomic E-state index is 4.22. The molecule has 2 heterocycles. The maximum Gasteiger partial charge on any atom is 0.134 e. The van der Waals surface area contributed by atoms with Gasteiger partial charge >= 0.3 is 0 Å². The Labute approximate surface area is 107 Å². The summed E-state index contributed by atoms with van der Waals surface area (Å²) in [5, 5.41) is 8.67. The lowest BCUT2D eigenvalue weighted by atomic mass is 10.2. The van der Waals surface area contributed by atoms with E-state index in [9.17, 15) is 0 Å². The molecule has 0 bridgehead atoms. The van der Waals surface area contributed by atoms with Crippen LogP contribution in [0.4, 0.5) is 5.00 Å². The van der Waals surface area contributed by atoms with E-state index in [0.717, 1.165) is 43.4 Å². The van der Waals surface area contributed by atoms with Crippen LogP contribution in [-0.4, -0.2) is 58.7 Å². The molecule has 6 heteroatoms. The summed E-state index contributed by atoms with van der Waals surface area (Å²) in [5.74, 6) is 0. The third-order valence-electron chi connectivity index (χ3n) is 3.31. The van der Waals surface area contributed by atoms with Gasteiger partial charge in [0.1, 0.15) is 10.7 Å². The van der Waals surface area contributed by atoms with Crippen LogP contribution in [-0.2, 0) is 6.54 Å². The summed E-state index contributed by atoms with van der Waals surface area (Å²) in [6.45, 7) is 9.57. The summed E-state index contributed by atoms with van der Waals surface area (Å²) in [4.78, 5) is 4.86. The van der Waals surface area contributed by atoms with E-state index < -0.39 is 0 Å². The van der Waals surface area contributed by atoms with E-state index in [-0.39, 0.29) is 0 Å². The summed E-state index contributed by atoms with van der Waals surface area (Å²) in [7, 11) is 2.19. The minimum absolute atomic E-state index is 0.623. The van der Waals surface area contributed by atoms with Crippen LogP contribution in [0.5, 0.6) is 0 Å². The van der Waals surface area contributed by atoms with Gasteiger partial charge in [0.05, 0.1) is 0 Å². The fourth-order valence-corrected chi connectivity index (χ4v) is 2.73. The zero-order valence-electron chi connectivity index (χ0n) is 10.8. The fourth-order valence-electron chi connectivity index (χ4n) is 2.09. The van der Waals surface area contributed by atoms with Crippen LogP contribution >= 0.6 is 11.5 Å². The zero-order chi connectivity index (χ0) is 12.3. The number of aromatic nitrogens is 2. The SMILES string of the molecule is CCNc1snnc1CN1CCN(C)C(C)C1. The first kappa shape index (κ1) is 12.7. The fraction of sp³-hybridized carbons (Fsp3) is 0.818. The molecule has 0 aliphatic carbocycles. The van der Waals surface area contributed by atoms with E-state index in [0.29, 0.717) is 6.04 Å². The summed E-state index contributed by atoms with van der Waals surface area (Å²) in [5.41, 5.74) is 1.09. The molecule has 1 aliphatic heterocycles. The van der Waals surface area contributed by atoms with Crippen LogP contribution in [0.1, 0.15) is 19.5 Å². The van der Waals surface area contributed by atoms with Crippen molar-refractivity contribution in [1.29, 1.82) is 0 Å². The van der Waals surface area contributed by atoms with Gasteiger partial charge in [0.2, 0.25) is 0 Å². The van der Waals surface area contributed by atoms with Crippen LogP contribution in [0.3, 0.4) is 0 Å². The van der Waals surface area contributed by atoms with Gasteiger partial charge in [-0.15, -0.1) is 5.10 Å². The molecule has 17 heavy (non-hydrogen) atoms. The lowest BCUT2D eigenvalue weighted by Gasteiger charge is -2.37. The normalized spacial score (nSPS) is 22.9. The van der Waals surface area contributed by atoms with Crippen molar-refractivity contribution >= 4 is 16.5 Å². The molecular formula is C11H21N5S. The zero-order valence-corrected chi connectivity index (χ0v) is 11.6. The molecule has 96 valence electrons. The minimum Gasteiger partial charge on any atom is -0.374 e. The van der Waals surface area contributed by atoms with Crippen LogP contribution in [0.25, 0.3) is 0 Å². The highest BCUT2D eigenvalue weighted by molar-refractivity contribution is 7.10. The molecule has 1 aliphatic rings. The van der Waals surface area contributed by atoms with Crippen LogP contribution < -0.4 is 5.32 Å². The van der Waals surface area contributed by atoms with Gasteiger partial charge < -0.3 is 10.2 Å². The third kappa shape index (κ3) is 3.14. The Morgan fingerprint density at radius 1 is 1.47 bits per heavy atom. The number of likely N-dealkylation sites (N-methyl/N-ethyl adjacent to an activating group) is 1. The average molecular weight is 255 g/mol. The van der Waals surface area contributed by atoms with Crippen molar-refractivity contribution in [3.05, 3.63) is 5.69 Å². The average Bonchev–Trinajstić information content (AvgIpc) is 2.72. The minimum atomic E-state index is 0.623. The first-order valence-electron chi connectivity index (χ1n) is 6.18. The first-order valence-corrected chi connectivity index (χ1v) is 6.95. The summed E-state index contributed by atoms with van der Waals surface area (Å²) < 4.78 is 4.03. The van der Waals surface area contributed by atoms with Crippen molar-refractivity contribution in [3.63, 3.8) is 0 Å². The van der Waals surface area contributed by atoms with E-state index in [4.69, 9.17) is 0 Å². The van der Waals surface area contributed by atoms with Gasteiger partial charge in [-0.2, -0.15) is 0 Å². The van der Waals surface area contributed by atoms with E-state index in [1.165, 1.54) is 11.5 Å². The molecule has 1 fully saturated rings. The van der Waals surface area contributed by atoms with Gasteiger partial charge in [-0.1, -0.05) is 4.49 Å². The molecule has 1 unspecified atom stereocenters. The molecule has 0 radical (unpaired) electrons. The van der Waals surface area contributed by atoms with E-state index >= 15 is 0 Å². The van der Waals surface area contributed by atoms with E-state index in [1.807, 2.05) is 0 Å². The van der Waals surface area contributed by atoms with Gasteiger partial charge in [-0.3, -0.25) is 4.90 Å². The number of hydrogen-bond acceptors (Lipinski definition) is 6. The van der Waals surface area contributed by atoms with Crippen LogP contribution in [0, 0.1) is 0 Å². The Morgan fingerprint density at radius 3 is 3.00 bits per heavy atom. The predicted octanol–water partition coefficient (Wildman–Crippen LogP) is 1.11. The van der Waals surface area contributed by atoms with Crippen molar-refractivity contribution in [2.75, 3.05) is 38.5 Å². The van der Waals surface area contributed by atoms with E-state index in [2.05, 4.69) is 45.6 Å². The van der Waals surface area contributed by atoms with Crippen molar-refractivity contribution in [1.82, 2.24) is 19.4 Å². The lowest BCUT2D eigenvalue weighted by Crippen LogP contribution is -2.49. The highest BCUT2D eigenvalue weighted by Gasteiger charge is 2.22. The summed E-state index contributed by atoms with van der Waals surface area (Å²) >= 11 is 1.45. The smallest absolute Gasteiger partial charge is 0.134 e. The third-order valence-corrected chi connectivity index (χ3v) is 4.04. The number of anilines is 1. The highest BCUT2D eigenvalue weighted by Crippen LogP contribution is 2.20. The lowest BCUT2D eigenvalue weighted by molar-refractivity contribution is 0.0992. The Kier molecular flexibility index (Phi) is 4.31. The van der Waals surface area contributed by atoms with Crippen LogP contribution in [0.2, 0.25) is 0 Å². The van der Waals surface area contributed by atoms with Crippen LogP contribution in [0.15, 0.2) is 0 Å². The monoisotopic (exact) mass is 255 g/mol. The second-order valence-corrected chi connectivity index (χ2v) is 5.40. The Hall–Kier alpha value is -0.720. The standard InChI is InChI=1S/C11H21N5S/c1-4-12-11-10(13-14-17-11)8-16-6-5-15(3)9(2)7-16/h9,12H,4-8H2,1-3H3. The van der Waals surface area contributed by atoms with Gasteiger partial charge in [-0.05, 0) is 20.9 Å². The second-order valence-electron chi connectivity index (χ2n) is 4.64. The molecule has 5 nitrogen and oxygen atoms in total. The van der Waals surface area contributed by atoms with Crippen molar-refractivity contribution in [3.8, 4) is 0 Å². The first-order chi connectivity index (χ1) is 8.20. The quantitative estimate of drug-likeness (QED) is 0.873. The second kappa shape index (κ2) is 5.75. The molecule has 1 N–H and O–H groups in total. The molecule has 1 saturated heterocycles. The molecular weight excluding hydrogens is 234 g/mol. The Morgan fingerprint density at radius 2 is 2.29 bits per heavy atom. The largest absolute Gasteiger partial charge is 0.374 e. The number of piperazine rings is 1. The summed E-state index contributed by atoms with van der Waals surface area (Å²) in [6.07, 6.45) is 0. The Balaban J connectivity index is 1.94. The highest BCUT2D eigenvalue weighted by atomic mass is 32.1. The molecule has 0 aromatic carbocycles. The van der Waals surface area contributed by atoms with Crippen molar-refractivity contribution < 1.29 is 0 Å². The molecule has 1 atom stereocenters. The molecule has 0 spiro atoms. The Bertz CT molecular complexity index is 353. The van der Waals surface area contributed by atoms with Gasteiger partial charge in [0, 0.05) is 50.3 Å².